The number of carbonyl (C=O) groups is 6. The number of ketones is 4. The summed E-state index contributed by atoms with van der Waals surface area (Å²) in [6.45, 7) is 16.7. The second-order valence-electron chi connectivity index (χ2n) is 21.1. The molecule has 1 amide bonds. The average Bonchev–Trinajstić information content (AvgIpc) is 3.65. The van der Waals surface area contributed by atoms with Gasteiger partial charge in [-0.2, -0.15) is 0 Å². The van der Waals surface area contributed by atoms with Crippen molar-refractivity contribution in [1.82, 2.24) is 4.98 Å². The zero-order chi connectivity index (χ0) is 48.7. The van der Waals surface area contributed by atoms with Crippen molar-refractivity contribution >= 4 is 66.1 Å². The normalized spacial score (nSPS) is 21.0. The number of benzene rings is 3. The van der Waals surface area contributed by atoms with Gasteiger partial charge >= 0.3 is 5.97 Å². The Bertz CT molecular complexity index is 2990. The van der Waals surface area contributed by atoms with Gasteiger partial charge in [0.05, 0.1) is 51.6 Å². The van der Waals surface area contributed by atoms with Crippen molar-refractivity contribution in [2.24, 2.45) is 10.8 Å². The monoisotopic (exact) mass is 936 g/mol. The summed E-state index contributed by atoms with van der Waals surface area (Å²) in [5.74, 6) is -0.566. The third-order valence-electron chi connectivity index (χ3n) is 13.8. The molecule has 3 aliphatic heterocycles. The van der Waals surface area contributed by atoms with Gasteiger partial charge in [-0.3, -0.25) is 33.9 Å². The van der Waals surface area contributed by atoms with E-state index in [1.54, 1.807) is 59.8 Å². The first-order chi connectivity index (χ1) is 30.4. The largest absolute Gasteiger partial charge is 0.478 e. The van der Waals surface area contributed by atoms with Gasteiger partial charge in [0.2, 0.25) is 5.91 Å². The summed E-state index contributed by atoms with van der Waals surface area (Å²) in [5.41, 5.74) is 5.45. The molecule has 2 saturated heterocycles. The summed E-state index contributed by atoms with van der Waals surface area (Å²) in [5, 5.41) is 8.87. The molecule has 0 unspecified atom stereocenters. The lowest BCUT2D eigenvalue weighted by atomic mass is 9.82. The Morgan fingerprint density at radius 1 is 0.591 bits per heavy atom. The first kappa shape index (κ1) is 48.3. The third kappa shape index (κ3) is 9.08. The summed E-state index contributed by atoms with van der Waals surface area (Å²) in [7, 11) is -5.95. The van der Waals surface area contributed by atoms with Crippen LogP contribution >= 0.6 is 0 Å². The molecule has 2 fully saturated rings. The predicted octanol–water partition coefficient (Wildman–Crippen LogP) is 7.24. The van der Waals surface area contributed by atoms with Crippen LogP contribution in [0.1, 0.15) is 133 Å². The van der Waals surface area contributed by atoms with E-state index < -0.39 is 52.7 Å². The van der Waals surface area contributed by atoms with Crippen molar-refractivity contribution in [2.45, 2.75) is 104 Å². The summed E-state index contributed by atoms with van der Waals surface area (Å²) >= 11 is 0. The summed E-state index contributed by atoms with van der Waals surface area (Å²) in [6.07, 6.45) is 4.66. The highest BCUT2D eigenvalue weighted by Crippen LogP contribution is 2.47. The molecule has 0 saturated carbocycles. The number of pyridine rings is 1. The lowest BCUT2D eigenvalue weighted by Gasteiger charge is -2.37. The minimum atomic E-state index is -3.00. The molecule has 0 radical (unpaired) electrons. The van der Waals surface area contributed by atoms with Crippen LogP contribution in [0, 0.1) is 17.8 Å². The zero-order valence-corrected chi connectivity index (χ0v) is 40.5. The van der Waals surface area contributed by atoms with E-state index in [9.17, 15) is 45.6 Å². The fraction of sp³-hybridized carbons (Fsp3) is 0.431. The van der Waals surface area contributed by atoms with E-state index in [4.69, 9.17) is 5.11 Å². The number of aromatic carboxylic acids is 1. The van der Waals surface area contributed by atoms with Gasteiger partial charge in [-0.1, -0.05) is 32.0 Å². The van der Waals surface area contributed by atoms with Crippen LogP contribution in [0.15, 0.2) is 73.1 Å². The molecule has 66 heavy (non-hydrogen) atoms. The van der Waals surface area contributed by atoms with E-state index in [0.717, 1.165) is 39.1 Å². The Labute approximate surface area is 386 Å². The number of amides is 1. The molecule has 0 bridgehead atoms. The molecule has 348 valence electrons. The van der Waals surface area contributed by atoms with Crippen LogP contribution in [0.5, 0.6) is 0 Å². The topological polar surface area (TPSA) is 207 Å². The van der Waals surface area contributed by atoms with Gasteiger partial charge in [0.25, 0.3) is 0 Å². The fourth-order valence-corrected chi connectivity index (χ4v) is 14.6. The molecule has 15 heteroatoms. The zero-order valence-electron chi connectivity index (χ0n) is 38.8. The Hall–Kier alpha value is -5.67. The van der Waals surface area contributed by atoms with Crippen molar-refractivity contribution in [2.75, 3.05) is 27.9 Å². The van der Waals surface area contributed by atoms with Gasteiger partial charge in [-0.25, -0.2) is 21.6 Å². The number of hydrogen-bond acceptors (Lipinski definition) is 11. The number of fused-ring (bicyclic) bond motifs is 3. The molecular formula is C51H56N2O11S2. The van der Waals surface area contributed by atoms with E-state index in [1.807, 2.05) is 80.5 Å². The van der Waals surface area contributed by atoms with Gasteiger partial charge in [0, 0.05) is 64.7 Å². The Morgan fingerprint density at radius 3 is 1.45 bits per heavy atom. The standard InChI is InChI=1S/C22H24N2O4S.C17H20O4S.C12H12O3/c1-14-7-16(11-23-10-14)24-18-6-5-15(8-17(18)21(2,3)20(24)26)19(25)9-22(4)12-29(27,28)13-22;1-16(2)13-6-12(5-4-11(13)7-15(16)19)14(18)8-17(3)9-22(20,21)10-17;1-12(2)9-5-8(11(14)15)4-3-7(9)6-10(12)13/h5-8,10-11H,9,12-13H2,1-4H3;4-6H,7-10H2,1-3H3;3-5H,6H2,1-2H3,(H,14,15). The molecule has 1 aromatic heterocycles. The number of carboxylic acid groups (broad SMARTS) is 1. The van der Waals surface area contributed by atoms with E-state index >= 15 is 0 Å². The van der Waals surface area contributed by atoms with Gasteiger partial charge in [0.15, 0.2) is 31.2 Å². The molecule has 4 aromatic rings. The van der Waals surface area contributed by atoms with E-state index in [0.29, 0.717) is 29.7 Å². The molecule has 1 N–H and O–H groups in total. The second kappa shape index (κ2) is 16.3. The van der Waals surface area contributed by atoms with Crippen LogP contribution in [-0.4, -0.2) is 84.9 Å². The lowest BCUT2D eigenvalue weighted by Crippen LogP contribution is -2.47. The molecule has 0 atom stereocenters. The number of nitrogens with zero attached hydrogens (tertiary/aromatic N) is 2. The Kier molecular flexibility index (Phi) is 11.9. The SMILES string of the molecule is CC1(C)C(=O)Cc2ccc(C(=O)O)cc21.CC1(CC(=O)c2ccc3c(c2)C(C)(C)C(=O)C3)CS(=O)(=O)C1.Cc1cncc(N2C(=O)C(C)(C)c3cc(C(=O)CC4(C)CS(=O)(=O)C4)ccc32)c1. The maximum atomic E-state index is 13.2. The first-order valence-corrected chi connectivity index (χ1v) is 25.5. The van der Waals surface area contributed by atoms with E-state index in [-0.39, 0.29) is 70.5 Å². The molecule has 5 aliphatic rings. The average molecular weight is 937 g/mol. The number of aryl methyl sites for hydroxylation is 1. The van der Waals surface area contributed by atoms with Crippen molar-refractivity contribution in [3.05, 3.63) is 123 Å². The molecule has 3 aromatic carbocycles. The fourth-order valence-electron chi connectivity index (χ4n) is 10.1. The van der Waals surface area contributed by atoms with Crippen LogP contribution in [0.3, 0.4) is 0 Å². The maximum absolute atomic E-state index is 13.2. The third-order valence-corrected chi connectivity index (χ3v) is 18.3. The highest BCUT2D eigenvalue weighted by atomic mass is 32.2. The summed E-state index contributed by atoms with van der Waals surface area (Å²) < 4.78 is 45.8. The number of carbonyl (C=O) groups excluding carboxylic acids is 5. The van der Waals surface area contributed by atoms with Crippen LogP contribution < -0.4 is 4.90 Å². The number of anilines is 2. The van der Waals surface area contributed by atoms with Crippen molar-refractivity contribution < 1.29 is 50.7 Å². The minimum Gasteiger partial charge on any atom is -0.478 e. The van der Waals surface area contributed by atoms with E-state index in [2.05, 4.69) is 4.98 Å². The number of carboxylic acids is 1. The molecule has 9 rings (SSSR count). The first-order valence-electron chi connectivity index (χ1n) is 21.8. The molecule has 0 spiro atoms. The van der Waals surface area contributed by atoms with Crippen LogP contribution in [0.25, 0.3) is 0 Å². The maximum Gasteiger partial charge on any atom is 0.335 e. The van der Waals surface area contributed by atoms with Crippen molar-refractivity contribution in [3.8, 4) is 0 Å². The van der Waals surface area contributed by atoms with Crippen molar-refractivity contribution in [1.29, 1.82) is 0 Å². The summed E-state index contributed by atoms with van der Waals surface area (Å²) in [4.78, 5) is 78.9. The Morgan fingerprint density at radius 2 is 1.02 bits per heavy atom. The quantitative estimate of drug-likeness (QED) is 0.174. The number of hydrogen-bond donors (Lipinski definition) is 1. The van der Waals surface area contributed by atoms with E-state index in [1.165, 1.54) is 0 Å². The molecule has 13 nitrogen and oxygen atoms in total. The smallest absolute Gasteiger partial charge is 0.335 e. The van der Waals surface area contributed by atoms with Gasteiger partial charge in [-0.15, -0.1) is 0 Å². The number of sulfone groups is 2. The highest BCUT2D eigenvalue weighted by molar-refractivity contribution is 7.93. The predicted molar refractivity (Wildman–Crippen MR) is 250 cm³/mol. The number of Topliss-reactive ketones (excluding diaryl/α,β-unsaturated/α-hetero) is 4. The van der Waals surface area contributed by atoms with Gasteiger partial charge < -0.3 is 5.11 Å². The number of rotatable bonds is 8. The molecular weight excluding hydrogens is 881 g/mol. The second-order valence-corrected chi connectivity index (χ2v) is 25.2. The van der Waals surface area contributed by atoms with Crippen LogP contribution in [0.2, 0.25) is 0 Å². The molecule has 2 aliphatic carbocycles. The number of aromatic nitrogens is 1. The highest BCUT2D eigenvalue weighted by Gasteiger charge is 2.49. The summed E-state index contributed by atoms with van der Waals surface area (Å²) in [6, 6.07) is 17.6. The Balaban J connectivity index is 0.000000155. The lowest BCUT2D eigenvalue weighted by molar-refractivity contribution is -0.122. The van der Waals surface area contributed by atoms with Crippen LogP contribution in [0.4, 0.5) is 11.4 Å². The molecule has 4 heterocycles. The van der Waals surface area contributed by atoms with Crippen LogP contribution in [-0.2, 0) is 63.1 Å². The minimum absolute atomic E-state index is 0.0460. The van der Waals surface area contributed by atoms with Gasteiger partial charge in [0.1, 0.15) is 11.6 Å². The van der Waals surface area contributed by atoms with Gasteiger partial charge in [-0.05, 0) is 124 Å². The van der Waals surface area contributed by atoms with Crippen molar-refractivity contribution in [3.63, 3.8) is 0 Å².